The summed E-state index contributed by atoms with van der Waals surface area (Å²) in [5.41, 5.74) is -0.272. The molecule has 0 aliphatic carbocycles. The molecule has 7 heteroatoms. The fourth-order valence-corrected chi connectivity index (χ4v) is 3.30. The van der Waals surface area contributed by atoms with Gasteiger partial charge in [-0.2, -0.15) is 0 Å². The maximum absolute atomic E-state index is 12.3. The van der Waals surface area contributed by atoms with Gasteiger partial charge in [0.05, 0.1) is 18.2 Å². The largest absolute Gasteiger partial charge is 0.507 e. The lowest BCUT2D eigenvalue weighted by Crippen LogP contribution is -2.18. The lowest BCUT2D eigenvalue weighted by Gasteiger charge is -2.18. The number of hydrogen-bond donors (Lipinski definition) is 2. The first-order valence-electron chi connectivity index (χ1n) is 9.07. The third kappa shape index (κ3) is 4.51. The van der Waals surface area contributed by atoms with E-state index in [4.69, 9.17) is 13.6 Å². The highest BCUT2D eigenvalue weighted by Gasteiger charge is 2.22. The molecule has 3 rings (SSSR count). The molecule has 0 fully saturated rings. The molecule has 3 aromatic rings. The minimum atomic E-state index is -0.638. The Morgan fingerprint density at radius 2 is 1.31 bits per heavy atom. The summed E-state index contributed by atoms with van der Waals surface area (Å²) in [6, 6.07) is 9.89. The maximum Gasteiger partial charge on any atom is 0.342 e. The van der Waals surface area contributed by atoms with Gasteiger partial charge >= 0.3 is 11.3 Å². The molecule has 2 aromatic heterocycles. The van der Waals surface area contributed by atoms with Gasteiger partial charge in [0, 0.05) is 12.1 Å². The van der Waals surface area contributed by atoms with E-state index in [1.54, 1.807) is 33.1 Å². The van der Waals surface area contributed by atoms with Gasteiger partial charge in [-0.1, -0.05) is 12.1 Å². The standard InChI is InChI=1S/C22H22O7/c1-12-8-19(23)17(21(25)28-12)10-15(14-4-6-16(27-3)7-5-14)11-18-20(24)9-13(2)29-22(18)26/h4-9,15,23-24H,10-11H2,1-3H3. The average molecular weight is 398 g/mol. The molecule has 0 bridgehead atoms. The van der Waals surface area contributed by atoms with Crippen molar-refractivity contribution in [2.75, 3.05) is 7.11 Å². The summed E-state index contributed by atoms with van der Waals surface area (Å²) in [6.45, 7) is 3.14. The Kier molecular flexibility index (Phi) is 5.77. The molecule has 0 unspecified atom stereocenters. The Morgan fingerprint density at radius 1 is 0.862 bits per heavy atom. The monoisotopic (exact) mass is 398 g/mol. The Labute approximate surface area is 166 Å². The molecule has 0 aliphatic heterocycles. The number of methoxy groups -OCH3 is 1. The van der Waals surface area contributed by atoms with Crippen LogP contribution in [-0.4, -0.2) is 17.3 Å². The van der Waals surface area contributed by atoms with Gasteiger partial charge in [0.2, 0.25) is 0 Å². The van der Waals surface area contributed by atoms with Crippen molar-refractivity contribution in [1.29, 1.82) is 0 Å². The Balaban J connectivity index is 2.05. The number of rotatable bonds is 6. The van der Waals surface area contributed by atoms with Crippen LogP contribution in [0.5, 0.6) is 17.2 Å². The van der Waals surface area contributed by atoms with Gasteiger partial charge in [-0.05, 0) is 50.3 Å². The van der Waals surface area contributed by atoms with Crippen LogP contribution in [0.4, 0.5) is 0 Å². The van der Waals surface area contributed by atoms with Crippen molar-refractivity contribution in [3.63, 3.8) is 0 Å². The van der Waals surface area contributed by atoms with Gasteiger partial charge in [-0.3, -0.25) is 0 Å². The molecule has 0 saturated heterocycles. The smallest absolute Gasteiger partial charge is 0.342 e. The molecule has 2 heterocycles. The van der Waals surface area contributed by atoms with E-state index in [0.717, 1.165) is 5.56 Å². The summed E-state index contributed by atoms with van der Waals surface area (Å²) in [6.07, 6.45) is 0.209. The number of ether oxygens (including phenoxy) is 1. The molecule has 0 aliphatic rings. The van der Waals surface area contributed by atoms with Crippen LogP contribution >= 0.6 is 0 Å². The van der Waals surface area contributed by atoms with E-state index in [9.17, 15) is 19.8 Å². The van der Waals surface area contributed by atoms with E-state index < -0.39 is 17.2 Å². The minimum absolute atomic E-state index is 0.104. The molecule has 0 atom stereocenters. The van der Waals surface area contributed by atoms with Gasteiger partial charge in [0.1, 0.15) is 28.8 Å². The van der Waals surface area contributed by atoms with Crippen molar-refractivity contribution in [1.82, 2.24) is 0 Å². The lowest BCUT2D eigenvalue weighted by molar-refractivity contribution is 0.409. The third-order valence-electron chi connectivity index (χ3n) is 4.79. The van der Waals surface area contributed by atoms with E-state index in [1.807, 2.05) is 12.1 Å². The summed E-state index contributed by atoms with van der Waals surface area (Å²) in [5, 5.41) is 20.5. The Hall–Kier alpha value is -3.48. The van der Waals surface area contributed by atoms with Gasteiger partial charge in [-0.15, -0.1) is 0 Å². The van der Waals surface area contributed by atoms with Crippen molar-refractivity contribution in [2.45, 2.75) is 32.6 Å². The molecule has 0 spiro atoms. The predicted octanol–water partition coefficient (Wildman–Crippen LogP) is 3.20. The van der Waals surface area contributed by atoms with Crippen LogP contribution in [0.25, 0.3) is 0 Å². The normalized spacial score (nSPS) is 11.0. The summed E-state index contributed by atoms with van der Waals surface area (Å²) in [5.74, 6) is 0.509. The van der Waals surface area contributed by atoms with Crippen molar-refractivity contribution in [2.24, 2.45) is 0 Å². The highest BCUT2D eigenvalue weighted by molar-refractivity contribution is 5.37. The third-order valence-corrected chi connectivity index (χ3v) is 4.79. The number of hydrogen-bond acceptors (Lipinski definition) is 7. The maximum atomic E-state index is 12.3. The van der Waals surface area contributed by atoms with Crippen LogP contribution in [0.15, 0.2) is 54.8 Å². The minimum Gasteiger partial charge on any atom is -0.507 e. The first kappa shape index (κ1) is 20.3. The van der Waals surface area contributed by atoms with Gasteiger partial charge in [0.25, 0.3) is 0 Å². The predicted molar refractivity (Wildman–Crippen MR) is 106 cm³/mol. The Morgan fingerprint density at radius 3 is 1.69 bits per heavy atom. The molecule has 0 radical (unpaired) electrons. The van der Waals surface area contributed by atoms with Crippen molar-refractivity contribution in [3.8, 4) is 17.2 Å². The van der Waals surface area contributed by atoms with Crippen LogP contribution in [0, 0.1) is 13.8 Å². The number of aryl methyl sites for hydroxylation is 2. The zero-order valence-electron chi connectivity index (χ0n) is 16.4. The molecule has 0 amide bonds. The van der Waals surface area contributed by atoms with Crippen LogP contribution in [0.2, 0.25) is 0 Å². The van der Waals surface area contributed by atoms with E-state index in [-0.39, 0.29) is 35.5 Å². The van der Waals surface area contributed by atoms with E-state index >= 15 is 0 Å². The first-order chi connectivity index (χ1) is 13.8. The fraction of sp³-hybridized carbons (Fsp3) is 0.273. The van der Waals surface area contributed by atoms with E-state index in [1.165, 1.54) is 12.1 Å². The molecular formula is C22H22O7. The molecule has 7 nitrogen and oxygen atoms in total. The quantitative estimate of drug-likeness (QED) is 0.656. The Bertz CT molecular complexity index is 1060. The summed E-state index contributed by atoms with van der Waals surface area (Å²) in [7, 11) is 1.55. The molecule has 2 N–H and O–H groups in total. The van der Waals surface area contributed by atoms with Gasteiger partial charge in [0.15, 0.2) is 0 Å². The molecule has 152 valence electrons. The van der Waals surface area contributed by atoms with Crippen molar-refractivity contribution < 1.29 is 23.8 Å². The van der Waals surface area contributed by atoms with Crippen LogP contribution in [0.3, 0.4) is 0 Å². The topological polar surface area (TPSA) is 110 Å². The highest BCUT2D eigenvalue weighted by Crippen LogP contribution is 2.30. The summed E-state index contributed by atoms with van der Waals surface area (Å²) >= 11 is 0. The van der Waals surface area contributed by atoms with Crippen LogP contribution < -0.4 is 16.0 Å². The van der Waals surface area contributed by atoms with Crippen molar-refractivity contribution in [3.05, 3.63) is 85.4 Å². The zero-order valence-corrected chi connectivity index (χ0v) is 16.4. The SMILES string of the molecule is COc1ccc(C(Cc2c(O)cc(C)oc2=O)Cc2c(O)cc(C)oc2=O)cc1. The molecule has 29 heavy (non-hydrogen) atoms. The average Bonchev–Trinajstić information content (AvgIpc) is 2.65. The van der Waals surface area contributed by atoms with Crippen molar-refractivity contribution >= 4 is 0 Å². The number of aromatic hydroxyl groups is 2. The van der Waals surface area contributed by atoms with Crippen LogP contribution in [0.1, 0.15) is 34.1 Å². The second kappa shape index (κ2) is 8.26. The molecule has 0 saturated carbocycles. The second-order valence-electron chi connectivity index (χ2n) is 6.89. The van der Waals surface area contributed by atoms with Gasteiger partial charge in [-0.25, -0.2) is 9.59 Å². The zero-order chi connectivity index (χ0) is 21.1. The molecular weight excluding hydrogens is 376 g/mol. The number of benzene rings is 1. The second-order valence-corrected chi connectivity index (χ2v) is 6.89. The molecule has 1 aromatic carbocycles. The first-order valence-corrected chi connectivity index (χ1v) is 9.07. The van der Waals surface area contributed by atoms with Gasteiger partial charge < -0.3 is 23.8 Å². The van der Waals surface area contributed by atoms with Crippen LogP contribution in [-0.2, 0) is 12.8 Å². The summed E-state index contributed by atoms with van der Waals surface area (Å²) in [4.78, 5) is 24.6. The summed E-state index contributed by atoms with van der Waals surface area (Å²) < 4.78 is 15.4. The fourth-order valence-electron chi connectivity index (χ4n) is 3.30. The van der Waals surface area contributed by atoms with E-state index in [2.05, 4.69) is 0 Å². The highest BCUT2D eigenvalue weighted by atomic mass is 16.5. The van der Waals surface area contributed by atoms with E-state index in [0.29, 0.717) is 17.3 Å². The lowest BCUT2D eigenvalue weighted by atomic mass is 9.87.